The number of anilines is 1. The second-order valence-electron chi connectivity index (χ2n) is 9.85. The average Bonchev–Trinajstić information content (AvgIpc) is 2.93. The summed E-state index contributed by atoms with van der Waals surface area (Å²) in [7, 11) is -4.20. The van der Waals surface area contributed by atoms with Gasteiger partial charge in [0.1, 0.15) is 12.6 Å². The third-order valence-electron chi connectivity index (χ3n) is 6.66. The zero-order valence-corrected chi connectivity index (χ0v) is 26.5. The molecule has 0 radical (unpaired) electrons. The number of sulfonamides is 1. The third kappa shape index (κ3) is 8.38. The summed E-state index contributed by atoms with van der Waals surface area (Å²) in [5.41, 5.74) is 2.40. The van der Waals surface area contributed by atoms with Crippen molar-refractivity contribution < 1.29 is 18.0 Å². The van der Waals surface area contributed by atoms with E-state index in [0.29, 0.717) is 32.7 Å². The molecular formula is C30H34Cl3N3O4S. The minimum atomic E-state index is -4.20. The maximum atomic E-state index is 14.0. The molecule has 1 N–H and O–H groups in total. The normalized spacial score (nSPS) is 12.1. The molecule has 0 aliphatic heterocycles. The number of unbranched alkanes of at least 4 members (excludes halogenated alkanes) is 1. The Morgan fingerprint density at radius 2 is 1.61 bits per heavy atom. The van der Waals surface area contributed by atoms with Crippen LogP contribution in [-0.2, 0) is 26.2 Å². The Kier molecular flexibility index (Phi) is 11.5. The van der Waals surface area contributed by atoms with Gasteiger partial charge in [0.2, 0.25) is 11.8 Å². The summed E-state index contributed by atoms with van der Waals surface area (Å²) in [6.45, 7) is 7.12. The summed E-state index contributed by atoms with van der Waals surface area (Å²) in [4.78, 5) is 28.5. The highest BCUT2D eigenvalue weighted by Crippen LogP contribution is 2.30. The van der Waals surface area contributed by atoms with Gasteiger partial charge in [-0.2, -0.15) is 0 Å². The van der Waals surface area contributed by atoms with Crippen LogP contribution in [-0.4, -0.2) is 44.3 Å². The van der Waals surface area contributed by atoms with Crippen molar-refractivity contribution in [3.8, 4) is 0 Å². The van der Waals surface area contributed by atoms with Crippen LogP contribution in [0.25, 0.3) is 0 Å². The number of nitrogens with zero attached hydrogens (tertiary/aromatic N) is 2. The minimum absolute atomic E-state index is 0.00499. The second-order valence-corrected chi connectivity index (χ2v) is 13.0. The summed E-state index contributed by atoms with van der Waals surface area (Å²) in [5, 5.41) is 3.83. The van der Waals surface area contributed by atoms with Crippen molar-refractivity contribution in [3.05, 3.63) is 92.4 Å². The van der Waals surface area contributed by atoms with Crippen LogP contribution in [0.1, 0.15) is 43.4 Å². The highest BCUT2D eigenvalue weighted by Gasteiger charge is 2.33. The average molecular weight is 639 g/mol. The van der Waals surface area contributed by atoms with Gasteiger partial charge in [-0.25, -0.2) is 8.42 Å². The molecule has 0 aliphatic carbocycles. The van der Waals surface area contributed by atoms with Gasteiger partial charge in [0.05, 0.1) is 20.6 Å². The van der Waals surface area contributed by atoms with Crippen LogP contribution >= 0.6 is 34.8 Å². The second kappa shape index (κ2) is 14.4. The van der Waals surface area contributed by atoms with Crippen LogP contribution < -0.4 is 9.62 Å². The molecule has 3 rings (SSSR count). The number of aryl methyl sites for hydroxylation is 2. The Balaban J connectivity index is 2.06. The minimum Gasteiger partial charge on any atom is -0.354 e. The first-order valence-electron chi connectivity index (χ1n) is 13.2. The van der Waals surface area contributed by atoms with E-state index in [1.165, 1.54) is 23.1 Å². The van der Waals surface area contributed by atoms with Crippen molar-refractivity contribution in [2.45, 2.75) is 58.0 Å². The molecule has 0 fully saturated rings. The van der Waals surface area contributed by atoms with E-state index in [-0.39, 0.29) is 23.0 Å². The molecule has 2 amide bonds. The van der Waals surface area contributed by atoms with Crippen LogP contribution in [0.2, 0.25) is 15.1 Å². The van der Waals surface area contributed by atoms with Gasteiger partial charge < -0.3 is 10.2 Å². The molecule has 0 spiro atoms. The van der Waals surface area contributed by atoms with Crippen molar-refractivity contribution in [1.82, 2.24) is 10.2 Å². The summed E-state index contributed by atoms with van der Waals surface area (Å²) < 4.78 is 29.0. The van der Waals surface area contributed by atoms with E-state index < -0.39 is 28.5 Å². The number of rotatable bonds is 12. The Bertz CT molecular complexity index is 1500. The van der Waals surface area contributed by atoms with Crippen molar-refractivity contribution in [1.29, 1.82) is 0 Å². The number of benzene rings is 3. The van der Waals surface area contributed by atoms with E-state index in [4.69, 9.17) is 34.8 Å². The number of halogens is 3. The molecule has 3 aromatic rings. The van der Waals surface area contributed by atoms with E-state index in [1.807, 2.05) is 13.8 Å². The Labute approximate surface area is 257 Å². The predicted molar refractivity (Wildman–Crippen MR) is 166 cm³/mol. The Morgan fingerprint density at radius 1 is 0.927 bits per heavy atom. The molecule has 0 aromatic heterocycles. The number of carbonyl (C=O) groups is 2. The Morgan fingerprint density at radius 3 is 2.24 bits per heavy atom. The van der Waals surface area contributed by atoms with Gasteiger partial charge >= 0.3 is 0 Å². The molecule has 0 saturated carbocycles. The number of nitrogens with one attached hydrogen (secondary N) is 1. The van der Waals surface area contributed by atoms with E-state index in [0.717, 1.165) is 22.7 Å². The van der Waals surface area contributed by atoms with Crippen LogP contribution in [0.3, 0.4) is 0 Å². The van der Waals surface area contributed by atoms with E-state index in [9.17, 15) is 18.0 Å². The maximum absolute atomic E-state index is 14.0. The zero-order valence-electron chi connectivity index (χ0n) is 23.5. The summed E-state index contributed by atoms with van der Waals surface area (Å²) in [6, 6.07) is 15.3. The van der Waals surface area contributed by atoms with Crippen LogP contribution in [0.4, 0.5) is 5.69 Å². The van der Waals surface area contributed by atoms with Gasteiger partial charge in [0.25, 0.3) is 10.0 Å². The fourth-order valence-corrected chi connectivity index (χ4v) is 6.11. The molecule has 1 atom stereocenters. The van der Waals surface area contributed by atoms with Gasteiger partial charge in [-0.05, 0) is 74.7 Å². The SMILES string of the molecule is CCCCNC(=O)C(C)N(Cc1ccc(Cl)c(Cl)c1)C(=O)CN(c1cc(Cl)ccc1C)S(=O)(=O)c1ccc(C)cc1. The van der Waals surface area contributed by atoms with Crippen LogP contribution in [0.5, 0.6) is 0 Å². The molecule has 0 aliphatic rings. The fraction of sp³-hybridized carbons (Fsp3) is 0.333. The fourth-order valence-electron chi connectivity index (χ4n) is 4.16. The topological polar surface area (TPSA) is 86.8 Å². The molecule has 11 heteroatoms. The van der Waals surface area contributed by atoms with E-state index >= 15 is 0 Å². The molecule has 0 bridgehead atoms. The quantitative estimate of drug-likeness (QED) is 0.221. The lowest BCUT2D eigenvalue weighted by molar-refractivity contribution is -0.139. The monoisotopic (exact) mass is 637 g/mol. The van der Waals surface area contributed by atoms with Gasteiger partial charge in [-0.3, -0.25) is 13.9 Å². The largest absolute Gasteiger partial charge is 0.354 e. The molecule has 0 saturated heterocycles. The van der Waals surface area contributed by atoms with E-state index in [1.54, 1.807) is 56.3 Å². The molecule has 7 nitrogen and oxygen atoms in total. The maximum Gasteiger partial charge on any atom is 0.264 e. The molecule has 3 aromatic carbocycles. The van der Waals surface area contributed by atoms with E-state index in [2.05, 4.69) is 5.32 Å². The lowest BCUT2D eigenvalue weighted by atomic mass is 10.1. The number of hydrogen-bond donors (Lipinski definition) is 1. The number of amides is 2. The van der Waals surface area contributed by atoms with Gasteiger partial charge in [0.15, 0.2) is 0 Å². The molecule has 0 heterocycles. The zero-order chi connectivity index (χ0) is 30.3. The van der Waals surface area contributed by atoms with Crippen molar-refractivity contribution in [2.75, 3.05) is 17.4 Å². The number of hydrogen-bond acceptors (Lipinski definition) is 4. The van der Waals surface area contributed by atoms with Crippen molar-refractivity contribution in [3.63, 3.8) is 0 Å². The predicted octanol–water partition coefficient (Wildman–Crippen LogP) is 6.79. The smallest absolute Gasteiger partial charge is 0.264 e. The van der Waals surface area contributed by atoms with Crippen molar-refractivity contribution in [2.24, 2.45) is 0 Å². The lowest BCUT2D eigenvalue weighted by Gasteiger charge is -2.32. The first-order valence-corrected chi connectivity index (χ1v) is 15.8. The van der Waals surface area contributed by atoms with Gasteiger partial charge in [-0.1, -0.05) is 78.0 Å². The molecule has 220 valence electrons. The Hall–Kier alpha value is -2.78. The number of carbonyl (C=O) groups excluding carboxylic acids is 2. The van der Waals surface area contributed by atoms with Crippen molar-refractivity contribution >= 4 is 62.3 Å². The molecule has 1 unspecified atom stereocenters. The van der Waals surface area contributed by atoms with Crippen LogP contribution in [0.15, 0.2) is 65.6 Å². The van der Waals surface area contributed by atoms with Crippen LogP contribution in [0, 0.1) is 13.8 Å². The summed E-state index contributed by atoms with van der Waals surface area (Å²) in [6.07, 6.45) is 1.68. The summed E-state index contributed by atoms with van der Waals surface area (Å²) in [5.74, 6) is -0.928. The highest BCUT2D eigenvalue weighted by atomic mass is 35.5. The molecule has 41 heavy (non-hydrogen) atoms. The lowest BCUT2D eigenvalue weighted by Crippen LogP contribution is -2.51. The highest BCUT2D eigenvalue weighted by molar-refractivity contribution is 7.92. The standard InChI is InChI=1S/C30H34Cl3N3O4S/c1-5-6-15-34-30(38)22(4)35(18-23-10-14-26(32)27(33)16-23)29(37)19-36(28-17-24(31)11-9-21(28)3)41(39,40)25-12-7-20(2)8-13-25/h7-14,16-17,22H,5-6,15,18-19H2,1-4H3,(H,34,38). The summed E-state index contributed by atoms with van der Waals surface area (Å²) >= 11 is 18.6. The first-order chi connectivity index (χ1) is 19.3. The third-order valence-corrected chi connectivity index (χ3v) is 9.41. The molecular weight excluding hydrogens is 605 g/mol. The van der Waals surface area contributed by atoms with Gasteiger partial charge in [-0.15, -0.1) is 0 Å². The first kappa shape index (κ1) is 32.7. The van der Waals surface area contributed by atoms with Gasteiger partial charge in [0, 0.05) is 18.1 Å².